The van der Waals surface area contributed by atoms with E-state index in [0.717, 1.165) is 0 Å². The van der Waals surface area contributed by atoms with Gasteiger partial charge in [-0.25, -0.2) is 0 Å². The number of carbonyl (C=O) groups is 1. The largest absolute Gasteiger partial charge is 0.490 e. The molecule has 0 saturated carbocycles. The molecule has 24 heavy (non-hydrogen) atoms. The molecule has 0 bridgehead atoms. The Morgan fingerprint density at radius 2 is 1.79 bits per heavy atom. The van der Waals surface area contributed by atoms with E-state index in [4.69, 9.17) is 9.47 Å². The molecular formula is C20H24O4. The molecule has 0 spiro atoms. The normalized spacial score (nSPS) is 12.5. The van der Waals surface area contributed by atoms with Crippen molar-refractivity contribution in [2.24, 2.45) is 0 Å². The Labute approximate surface area is 143 Å². The molecule has 0 amide bonds. The monoisotopic (exact) mass is 328 g/mol. The van der Waals surface area contributed by atoms with E-state index in [2.05, 4.69) is 0 Å². The first-order valence-corrected chi connectivity index (χ1v) is 8.00. The van der Waals surface area contributed by atoms with Gasteiger partial charge in [-0.3, -0.25) is 4.79 Å². The van der Waals surface area contributed by atoms with Gasteiger partial charge in [-0.2, -0.15) is 0 Å². The molecule has 4 nitrogen and oxygen atoms in total. The smallest absolute Gasteiger partial charge is 0.196 e. The van der Waals surface area contributed by atoms with Crippen LogP contribution in [0.15, 0.2) is 48.5 Å². The van der Waals surface area contributed by atoms with Crippen molar-refractivity contribution in [1.82, 2.24) is 0 Å². The summed E-state index contributed by atoms with van der Waals surface area (Å²) in [7, 11) is 0. The molecule has 0 aliphatic carbocycles. The van der Waals surface area contributed by atoms with Crippen LogP contribution in [0.4, 0.5) is 0 Å². The Morgan fingerprint density at radius 1 is 1.12 bits per heavy atom. The van der Waals surface area contributed by atoms with E-state index in [1.807, 2.05) is 39.0 Å². The fourth-order valence-corrected chi connectivity index (χ4v) is 2.18. The van der Waals surface area contributed by atoms with E-state index in [1.54, 1.807) is 37.3 Å². The van der Waals surface area contributed by atoms with Crippen LogP contribution >= 0.6 is 0 Å². The first-order valence-electron chi connectivity index (χ1n) is 8.00. The van der Waals surface area contributed by atoms with E-state index in [1.165, 1.54) is 0 Å². The predicted molar refractivity (Wildman–Crippen MR) is 93.9 cm³/mol. The van der Waals surface area contributed by atoms with Crippen molar-refractivity contribution in [2.75, 3.05) is 6.61 Å². The minimum Gasteiger partial charge on any atom is -0.490 e. The molecule has 0 heterocycles. The Morgan fingerprint density at radius 3 is 2.38 bits per heavy atom. The fraction of sp³-hybridized carbons (Fsp3) is 0.350. The Kier molecular flexibility index (Phi) is 5.62. The molecule has 0 fully saturated rings. The average molecular weight is 328 g/mol. The number of ether oxygens (including phenoxy) is 2. The van der Waals surface area contributed by atoms with Crippen LogP contribution < -0.4 is 9.47 Å². The van der Waals surface area contributed by atoms with Gasteiger partial charge in [0.15, 0.2) is 5.78 Å². The number of hydrogen-bond donors (Lipinski definition) is 1. The van der Waals surface area contributed by atoms with Crippen molar-refractivity contribution >= 4 is 5.78 Å². The van der Waals surface area contributed by atoms with Crippen molar-refractivity contribution in [3.05, 3.63) is 59.7 Å². The number of aliphatic hydroxyl groups is 1. The highest BCUT2D eigenvalue weighted by Gasteiger charge is 2.18. The number of rotatable bonds is 6. The molecule has 2 aromatic carbocycles. The van der Waals surface area contributed by atoms with Gasteiger partial charge in [-0.15, -0.1) is 0 Å². The summed E-state index contributed by atoms with van der Waals surface area (Å²) in [5, 5.41) is 9.47. The molecule has 128 valence electrons. The van der Waals surface area contributed by atoms with Crippen LogP contribution in [0, 0.1) is 0 Å². The third-order valence-corrected chi connectivity index (χ3v) is 3.14. The van der Waals surface area contributed by atoms with E-state index in [-0.39, 0.29) is 18.0 Å². The molecule has 2 rings (SSSR count). The van der Waals surface area contributed by atoms with Crippen molar-refractivity contribution in [3.8, 4) is 11.5 Å². The average Bonchev–Trinajstić information content (AvgIpc) is 2.51. The summed E-state index contributed by atoms with van der Waals surface area (Å²) in [5.74, 6) is 0.901. The zero-order valence-electron chi connectivity index (χ0n) is 14.6. The fourth-order valence-electron chi connectivity index (χ4n) is 2.18. The second kappa shape index (κ2) is 7.49. The molecule has 0 aliphatic rings. The molecule has 1 N–H and O–H groups in total. The van der Waals surface area contributed by atoms with Gasteiger partial charge in [0.25, 0.3) is 0 Å². The summed E-state index contributed by atoms with van der Waals surface area (Å²) in [6.45, 7) is 7.59. The van der Waals surface area contributed by atoms with E-state index < -0.39 is 6.10 Å². The molecule has 1 atom stereocenters. The second-order valence-corrected chi connectivity index (χ2v) is 6.73. The topological polar surface area (TPSA) is 55.8 Å². The number of ketones is 1. The van der Waals surface area contributed by atoms with Crippen LogP contribution in [0.25, 0.3) is 0 Å². The van der Waals surface area contributed by atoms with Gasteiger partial charge in [-0.05, 0) is 39.8 Å². The summed E-state index contributed by atoms with van der Waals surface area (Å²) in [5.41, 5.74) is 0.680. The first-order chi connectivity index (χ1) is 11.3. The van der Waals surface area contributed by atoms with Crippen LogP contribution in [0.1, 0.15) is 43.6 Å². The van der Waals surface area contributed by atoms with Crippen LogP contribution in [0.5, 0.6) is 11.5 Å². The minimum absolute atomic E-state index is 0.105. The van der Waals surface area contributed by atoms with Crippen LogP contribution in [-0.4, -0.2) is 29.2 Å². The lowest BCUT2D eigenvalue weighted by Gasteiger charge is -2.22. The molecule has 4 heteroatoms. The molecule has 0 aromatic heterocycles. The van der Waals surface area contributed by atoms with Crippen LogP contribution in [0.2, 0.25) is 0 Å². The lowest BCUT2D eigenvalue weighted by molar-refractivity contribution is 0.101. The van der Waals surface area contributed by atoms with Crippen LogP contribution in [-0.2, 0) is 0 Å². The van der Waals surface area contributed by atoms with E-state index in [0.29, 0.717) is 22.6 Å². The first kappa shape index (κ1) is 18.0. The van der Waals surface area contributed by atoms with Crippen molar-refractivity contribution < 1.29 is 19.4 Å². The van der Waals surface area contributed by atoms with E-state index in [9.17, 15) is 9.90 Å². The SMILES string of the molecule is CC(O)COc1cc(OC(C)(C)C)ccc1C(=O)c1ccccc1. The number of aliphatic hydroxyl groups excluding tert-OH is 1. The number of hydrogen-bond acceptors (Lipinski definition) is 4. The van der Waals surface area contributed by atoms with Crippen molar-refractivity contribution in [1.29, 1.82) is 0 Å². The highest BCUT2D eigenvalue weighted by Crippen LogP contribution is 2.29. The zero-order chi connectivity index (χ0) is 17.7. The molecule has 0 saturated heterocycles. The molecule has 0 aliphatic heterocycles. The highest BCUT2D eigenvalue weighted by atomic mass is 16.5. The number of benzene rings is 2. The van der Waals surface area contributed by atoms with Gasteiger partial charge in [0.05, 0.1) is 11.7 Å². The van der Waals surface area contributed by atoms with Gasteiger partial charge < -0.3 is 14.6 Å². The maximum Gasteiger partial charge on any atom is 0.196 e. The maximum atomic E-state index is 12.7. The lowest BCUT2D eigenvalue weighted by atomic mass is 10.0. The minimum atomic E-state index is -0.628. The lowest BCUT2D eigenvalue weighted by Crippen LogP contribution is -2.23. The Balaban J connectivity index is 2.36. The van der Waals surface area contributed by atoms with Crippen molar-refractivity contribution in [2.45, 2.75) is 39.4 Å². The van der Waals surface area contributed by atoms with Gasteiger partial charge in [-0.1, -0.05) is 30.3 Å². The Bertz CT molecular complexity index is 685. The summed E-state index contributed by atoms with van der Waals surface area (Å²) in [4.78, 5) is 12.7. The highest BCUT2D eigenvalue weighted by molar-refractivity contribution is 6.10. The van der Waals surface area contributed by atoms with Gasteiger partial charge >= 0.3 is 0 Å². The van der Waals surface area contributed by atoms with Gasteiger partial charge in [0.1, 0.15) is 23.7 Å². The zero-order valence-corrected chi connectivity index (χ0v) is 14.6. The molecular weight excluding hydrogens is 304 g/mol. The maximum absolute atomic E-state index is 12.7. The third kappa shape index (κ3) is 5.10. The van der Waals surface area contributed by atoms with Crippen molar-refractivity contribution in [3.63, 3.8) is 0 Å². The summed E-state index contributed by atoms with van der Waals surface area (Å²) in [6, 6.07) is 14.2. The van der Waals surface area contributed by atoms with Gasteiger partial charge in [0.2, 0.25) is 0 Å². The quantitative estimate of drug-likeness (QED) is 0.818. The second-order valence-electron chi connectivity index (χ2n) is 6.73. The third-order valence-electron chi connectivity index (χ3n) is 3.14. The molecule has 1 unspecified atom stereocenters. The van der Waals surface area contributed by atoms with E-state index >= 15 is 0 Å². The standard InChI is InChI=1S/C20H24O4/c1-14(21)13-23-18-12-16(24-20(2,3)4)10-11-17(18)19(22)15-8-6-5-7-9-15/h5-12,14,21H,13H2,1-4H3. The van der Waals surface area contributed by atoms with Crippen LogP contribution in [0.3, 0.4) is 0 Å². The number of carbonyl (C=O) groups excluding carboxylic acids is 1. The Hall–Kier alpha value is -2.33. The van der Waals surface area contributed by atoms with Gasteiger partial charge in [0, 0.05) is 11.6 Å². The molecule has 2 aromatic rings. The summed E-state index contributed by atoms with van der Waals surface area (Å²) >= 11 is 0. The summed E-state index contributed by atoms with van der Waals surface area (Å²) < 4.78 is 11.5. The predicted octanol–water partition coefficient (Wildman–Crippen LogP) is 3.85. The molecule has 0 radical (unpaired) electrons. The summed E-state index contributed by atoms with van der Waals surface area (Å²) in [6.07, 6.45) is -0.628.